The van der Waals surface area contributed by atoms with E-state index in [9.17, 15) is 18.0 Å². The maximum Gasteiger partial charge on any atom is 0.416 e. The number of halogens is 4. The van der Waals surface area contributed by atoms with E-state index >= 15 is 0 Å². The monoisotopic (exact) mass is 516 g/mol. The van der Waals surface area contributed by atoms with Crippen LogP contribution in [0.4, 0.5) is 19.0 Å². The fourth-order valence-electron chi connectivity index (χ4n) is 3.77. The van der Waals surface area contributed by atoms with E-state index in [0.717, 1.165) is 17.5 Å². The van der Waals surface area contributed by atoms with Gasteiger partial charge in [0, 0.05) is 36.3 Å². The third-order valence-corrected chi connectivity index (χ3v) is 5.82. The molecule has 4 aromatic rings. The lowest BCUT2D eigenvalue weighted by atomic mass is 10.1. The Bertz CT molecular complexity index is 1340. The molecule has 1 amide bonds. The van der Waals surface area contributed by atoms with Crippen LogP contribution in [0, 0.1) is 0 Å². The number of benzene rings is 2. The molecule has 2 aromatic carbocycles. The Morgan fingerprint density at radius 1 is 1.11 bits per heavy atom. The molecule has 2 heterocycles. The van der Waals surface area contributed by atoms with Crippen LogP contribution in [0.3, 0.4) is 0 Å². The fraction of sp³-hybridized carbons (Fsp3) is 0.269. The molecule has 10 heteroatoms. The van der Waals surface area contributed by atoms with Crippen LogP contribution < -0.4 is 10.2 Å². The predicted molar refractivity (Wildman–Crippen MR) is 132 cm³/mol. The van der Waals surface area contributed by atoms with Gasteiger partial charge in [-0.2, -0.15) is 13.2 Å². The lowest BCUT2D eigenvalue weighted by molar-refractivity contribution is -0.137. The Morgan fingerprint density at radius 3 is 2.67 bits per heavy atom. The topological polar surface area (TPSA) is 71.3 Å². The third kappa shape index (κ3) is 6.34. The van der Waals surface area contributed by atoms with Crippen molar-refractivity contribution in [1.29, 1.82) is 0 Å². The van der Waals surface area contributed by atoms with Crippen molar-refractivity contribution < 1.29 is 22.4 Å². The average molecular weight is 517 g/mol. The Labute approximate surface area is 211 Å². The summed E-state index contributed by atoms with van der Waals surface area (Å²) in [5.41, 5.74) is 0.320. The van der Waals surface area contributed by atoms with Gasteiger partial charge in [0.05, 0.1) is 23.9 Å². The highest BCUT2D eigenvalue weighted by Crippen LogP contribution is 2.30. The van der Waals surface area contributed by atoms with Crippen molar-refractivity contribution in [2.45, 2.75) is 39.0 Å². The van der Waals surface area contributed by atoms with Gasteiger partial charge in [-0.1, -0.05) is 30.7 Å². The van der Waals surface area contributed by atoms with E-state index < -0.39 is 11.7 Å². The Hall–Kier alpha value is -3.59. The van der Waals surface area contributed by atoms with Crippen molar-refractivity contribution in [2.75, 3.05) is 11.4 Å². The average Bonchev–Trinajstić information content (AvgIpc) is 3.37. The van der Waals surface area contributed by atoms with Crippen molar-refractivity contribution in [3.63, 3.8) is 0 Å². The first-order valence-electron chi connectivity index (χ1n) is 11.4. The van der Waals surface area contributed by atoms with E-state index in [1.165, 1.54) is 6.07 Å². The quantitative estimate of drug-likeness (QED) is 0.288. The minimum Gasteiger partial charge on any atom is -0.467 e. The SMILES string of the molecule is CCc1nc(N(CCC(=O)NCc2cccc(C(F)(F)F)c2)Cc2ccco2)c2ccc(Cl)cc2n1. The molecule has 0 saturated carbocycles. The van der Waals surface area contributed by atoms with Crippen LogP contribution >= 0.6 is 11.6 Å². The number of alkyl halides is 3. The first kappa shape index (κ1) is 25.5. The van der Waals surface area contributed by atoms with E-state index in [1.807, 2.05) is 24.0 Å². The minimum absolute atomic E-state index is 0.00411. The van der Waals surface area contributed by atoms with Crippen LogP contribution in [0.25, 0.3) is 10.9 Å². The second-order valence-corrected chi connectivity index (χ2v) is 8.64. The molecule has 0 aliphatic carbocycles. The van der Waals surface area contributed by atoms with E-state index in [2.05, 4.69) is 10.3 Å². The second-order valence-electron chi connectivity index (χ2n) is 8.20. The van der Waals surface area contributed by atoms with Crippen LogP contribution in [0.2, 0.25) is 5.02 Å². The predicted octanol–water partition coefficient (Wildman–Crippen LogP) is 6.17. The molecule has 0 radical (unpaired) electrons. The molecule has 0 saturated heterocycles. The zero-order valence-corrected chi connectivity index (χ0v) is 20.2. The Balaban J connectivity index is 1.52. The number of aryl methyl sites for hydroxylation is 1. The minimum atomic E-state index is -4.44. The van der Waals surface area contributed by atoms with E-state index in [0.29, 0.717) is 53.0 Å². The highest BCUT2D eigenvalue weighted by Gasteiger charge is 2.30. The molecule has 1 N–H and O–H groups in total. The standard InChI is InChI=1S/C26H24ClF3N4O2/c1-2-23-32-22-14-19(27)8-9-21(22)25(33-23)34(16-20-7-4-12-36-20)11-10-24(35)31-15-17-5-3-6-18(13-17)26(28,29)30/h3-9,12-14H,2,10-11,15-16H2,1H3,(H,31,35). The number of hydrogen-bond acceptors (Lipinski definition) is 5. The molecular weight excluding hydrogens is 493 g/mol. The summed E-state index contributed by atoms with van der Waals surface area (Å²) in [7, 11) is 0. The Kier molecular flexibility index (Phi) is 7.79. The van der Waals surface area contributed by atoms with Gasteiger partial charge in [-0.3, -0.25) is 4.79 Å². The zero-order chi connectivity index (χ0) is 25.7. The number of nitrogens with zero attached hydrogens (tertiary/aromatic N) is 3. The number of anilines is 1. The van der Waals surface area contributed by atoms with E-state index in [1.54, 1.807) is 30.5 Å². The summed E-state index contributed by atoms with van der Waals surface area (Å²) in [6.07, 6.45) is -2.15. The van der Waals surface area contributed by atoms with Crippen molar-refractivity contribution in [2.24, 2.45) is 0 Å². The molecular formula is C26H24ClF3N4O2. The van der Waals surface area contributed by atoms with Gasteiger partial charge in [-0.15, -0.1) is 0 Å². The number of hydrogen-bond donors (Lipinski definition) is 1. The lowest BCUT2D eigenvalue weighted by Gasteiger charge is -2.24. The van der Waals surface area contributed by atoms with Crippen LogP contribution in [-0.4, -0.2) is 22.4 Å². The molecule has 0 unspecified atom stereocenters. The summed E-state index contributed by atoms with van der Waals surface area (Å²) in [6, 6.07) is 13.9. The number of rotatable bonds is 9. The molecule has 36 heavy (non-hydrogen) atoms. The summed E-state index contributed by atoms with van der Waals surface area (Å²) in [5.74, 6) is 1.68. The van der Waals surface area contributed by atoms with Gasteiger partial charge in [0.15, 0.2) is 0 Å². The first-order chi connectivity index (χ1) is 17.2. The van der Waals surface area contributed by atoms with Gasteiger partial charge in [0.25, 0.3) is 0 Å². The fourth-order valence-corrected chi connectivity index (χ4v) is 3.93. The van der Waals surface area contributed by atoms with Crippen molar-refractivity contribution in [3.05, 3.63) is 88.6 Å². The molecule has 0 atom stereocenters. The summed E-state index contributed by atoms with van der Waals surface area (Å²) >= 11 is 6.18. The lowest BCUT2D eigenvalue weighted by Crippen LogP contribution is -2.31. The van der Waals surface area contributed by atoms with Crippen molar-refractivity contribution >= 4 is 34.2 Å². The number of nitrogens with one attached hydrogen (secondary N) is 1. The number of carbonyl (C=O) groups is 1. The molecule has 188 valence electrons. The smallest absolute Gasteiger partial charge is 0.416 e. The summed E-state index contributed by atoms with van der Waals surface area (Å²) in [5, 5.41) is 4.04. The molecule has 0 bridgehead atoms. The van der Waals surface area contributed by atoms with Crippen LogP contribution in [-0.2, 0) is 30.5 Å². The summed E-state index contributed by atoms with van der Waals surface area (Å²) in [4.78, 5) is 23.9. The molecule has 6 nitrogen and oxygen atoms in total. The largest absolute Gasteiger partial charge is 0.467 e. The maximum atomic E-state index is 13.0. The van der Waals surface area contributed by atoms with E-state index in [4.69, 9.17) is 21.0 Å². The van der Waals surface area contributed by atoms with Crippen LogP contribution in [0.1, 0.15) is 36.1 Å². The molecule has 0 spiro atoms. The first-order valence-corrected chi connectivity index (χ1v) is 11.8. The number of furan rings is 1. The number of fused-ring (bicyclic) bond motifs is 1. The van der Waals surface area contributed by atoms with Gasteiger partial charge in [0.2, 0.25) is 5.91 Å². The normalized spacial score (nSPS) is 11.6. The Morgan fingerprint density at radius 2 is 1.94 bits per heavy atom. The third-order valence-electron chi connectivity index (χ3n) is 5.58. The number of aromatic nitrogens is 2. The maximum absolute atomic E-state index is 13.0. The number of carbonyl (C=O) groups excluding carboxylic acids is 1. The van der Waals surface area contributed by atoms with Gasteiger partial charge >= 0.3 is 6.18 Å². The molecule has 0 aliphatic rings. The zero-order valence-electron chi connectivity index (χ0n) is 19.5. The highest BCUT2D eigenvalue weighted by atomic mass is 35.5. The molecule has 0 fully saturated rings. The number of amides is 1. The van der Waals surface area contributed by atoms with Gasteiger partial charge in [-0.05, 0) is 48.0 Å². The second kappa shape index (κ2) is 11.0. The molecule has 4 rings (SSSR count). The summed E-state index contributed by atoms with van der Waals surface area (Å²) < 4.78 is 44.4. The van der Waals surface area contributed by atoms with Crippen LogP contribution in [0.5, 0.6) is 0 Å². The van der Waals surface area contributed by atoms with Crippen molar-refractivity contribution in [3.8, 4) is 0 Å². The van der Waals surface area contributed by atoms with Gasteiger partial charge in [-0.25, -0.2) is 9.97 Å². The summed E-state index contributed by atoms with van der Waals surface area (Å²) in [6.45, 7) is 2.61. The van der Waals surface area contributed by atoms with Gasteiger partial charge in [0.1, 0.15) is 17.4 Å². The van der Waals surface area contributed by atoms with E-state index in [-0.39, 0.29) is 18.9 Å². The molecule has 0 aliphatic heterocycles. The molecule has 2 aromatic heterocycles. The van der Waals surface area contributed by atoms with Gasteiger partial charge < -0.3 is 14.6 Å². The van der Waals surface area contributed by atoms with Crippen LogP contribution in [0.15, 0.2) is 65.3 Å². The highest BCUT2D eigenvalue weighted by molar-refractivity contribution is 6.31. The van der Waals surface area contributed by atoms with Crippen molar-refractivity contribution in [1.82, 2.24) is 15.3 Å².